The predicted octanol–water partition coefficient (Wildman–Crippen LogP) is 3.32. The first-order valence-corrected chi connectivity index (χ1v) is 9.48. The fourth-order valence-electron chi connectivity index (χ4n) is 2.52. The van der Waals surface area contributed by atoms with Crippen LogP contribution in [0, 0.1) is 0 Å². The third-order valence-corrected chi connectivity index (χ3v) is 4.42. The van der Waals surface area contributed by atoms with Gasteiger partial charge < -0.3 is 14.8 Å². The minimum absolute atomic E-state index is 0.00956. The maximum Gasteiger partial charge on any atom is 0.362 e. The van der Waals surface area contributed by atoms with Crippen molar-refractivity contribution >= 4 is 28.4 Å². The fourth-order valence-corrected chi connectivity index (χ4v) is 3.09. The lowest BCUT2D eigenvalue weighted by molar-refractivity contribution is -0.118. The van der Waals surface area contributed by atoms with Gasteiger partial charge in [-0.2, -0.15) is 0 Å². The van der Waals surface area contributed by atoms with Crippen LogP contribution in [0.4, 0.5) is 5.00 Å². The summed E-state index contributed by atoms with van der Waals surface area (Å²) in [5.74, 6) is -0.402. The van der Waals surface area contributed by atoms with Gasteiger partial charge >= 0.3 is 5.97 Å². The average molecular weight is 397 g/mol. The Morgan fingerprint density at radius 1 is 1.07 bits per heavy atom. The molecule has 1 N–H and O–H groups in total. The summed E-state index contributed by atoms with van der Waals surface area (Å²) in [6.07, 6.45) is 0.699. The number of benzene rings is 2. The Balaban J connectivity index is 1.61. The van der Waals surface area contributed by atoms with Crippen LogP contribution in [0.5, 0.6) is 5.75 Å². The maximum absolute atomic E-state index is 12.2. The molecule has 0 saturated heterocycles. The molecule has 3 aromatic rings. The Bertz CT molecular complexity index is 943. The van der Waals surface area contributed by atoms with Gasteiger partial charge in [-0.05, 0) is 24.1 Å². The average Bonchev–Trinajstić information content (AvgIpc) is 3.16. The van der Waals surface area contributed by atoms with E-state index in [1.165, 1.54) is 0 Å². The van der Waals surface area contributed by atoms with E-state index in [2.05, 4.69) is 14.9 Å². The molecule has 0 fully saturated rings. The zero-order valence-electron chi connectivity index (χ0n) is 15.3. The highest BCUT2D eigenvalue weighted by molar-refractivity contribution is 7.10. The molecule has 3 rings (SSSR count). The van der Waals surface area contributed by atoms with Gasteiger partial charge in [-0.15, -0.1) is 5.10 Å². The third kappa shape index (κ3) is 5.14. The largest absolute Gasteiger partial charge is 0.483 e. The Morgan fingerprint density at radius 2 is 1.82 bits per heavy atom. The van der Waals surface area contributed by atoms with Gasteiger partial charge in [0.1, 0.15) is 5.75 Å². The summed E-state index contributed by atoms with van der Waals surface area (Å²) in [5.41, 5.74) is 2.12. The molecule has 0 saturated carbocycles. The summed E-state index contributed by atoms with van der Waals surface area (Å²) in [6, 6.07) is 17.6. The number of carbonyl (C=O) groups is 2. The van der Waals surface area contributed by atoms with Gasteiger partial charge in [0.25, 0.3) is 5.91 Å². The Kier molecular flexibility index (Phi) is 6.69. The topological polar surface area (TPSA) is 90.4 Å². The number of rotatable bonds is 8. The van der Waals surface area contributed by atoms with Crippen LogP contribution in [-0.2, 0) is 16.0 Å². The van der Waals surface area contributed by atoms with Crippen LogP contribution < -0.4 is 10.1 Å². The number of carbonyl (C=O) groups excluding carboxylic acids is 2. The van der Waals surface area contributed by atoms with Crippen LogP contribution in [-0.4, -0.2) is 34.7 Å². The van der Waals surface area contributed by atoms with Crippen molar-refractivity contribution in [2.45, 2.75) is 13.3 Å². The standard InChI is InChI=1S/C20H19N3O4S/c1-2-26-20(25)18-19(28-23-22-18)21-17(24)13-27-16-11-7-6-10-15(16)12-14-8-4-3-5-9-14/h3-11H,2,12-13H2,1H3,(H,21,24). The summed E-state index contributed by atoms with van der Waals surface area (Å²) < 4.78 is 14.3. The Morgan fingerprint density at radius 3 is 2.61 bits per heavy atom. The van der Waals surface area contributed by atoms with Gasteiger partial charge in [0.2, 0.25) is 5.69 Å². The predicted molar refractivity (Wildman–Crippen MR) is 106 cm³/mol. The number of anilines is 1. The van der Waals surface area contributed by atoms with Gasteiger partial charge in [-0.3, -0.25) is 4.79 Å². The Labute approximate surface area is 166 Å². The lowest BCUT2D eigenvalue weighted by Crippen LogP contribution is -2.21. The molecule has 7 nitrogen and oxygen atoms in total. The molecule has 0 spiro atoms. The third-order valence-electron chi connectivity index (χ3n) is 3.78. The van der Waals surface area contributed by atoms with Gasteiger partial charge in [0, 0.05) is 18.0 Å². The molecule has 28 heavy (non-hydrogen) atoms. The van der Waals surface area contributed by atoms with E-state index >= 15 is 0 Å². The van der Waals surface area contributed by atoms with E-state index in [1.807, 2.05) is 54.6 Å². The molecule has 0 unspecified atom stereocenters. The molecule has 144 valence electrons. The van der Waals surface area contributed by atoms with Crippen LogP contribution in [0.25, 0.3) is 0 Å². The van der Waals surface area contributed by atoms with Crippen LogP contribution in [0.1, 0.15) is 28.5 Å². The van der Waals surface area contributed by atoms with Crippen LogP contribution in [0.2, 0.25) is 0 Å². The first-order valence-electron chi connectivity index (χ1n) is 8.71. The zero-order chi connectivity index (χ0) is 19.8. The monoisotopic (exact) mass is 397 g/mol. The second-order valence-corrected chi connectivity index (χ2v) is 6.53. The molecule has 0 aliphatic heterocycles. The summed E-state index contributed by atoms with van der Waals surface area (Å²) in [7, 11) is 0. The molecule has 0 aliphatic carbocycles. The van der Waals surface area contributed by atoms with Crippen LogP contribution >= 0.6 is 11.5 Å². The second-order valence-electron chi connectivity index (χ2n) is 5.78. The number of nitrogens with zero attached hydrogens (tertiary/aromatic N) is 2. The molecule has 1 amide bonds. The normalized spacial score (nSPS) is 10.3. The highest BCUT2D eigenvalue weighted by Crippen LogP contribution is 2.22. The van der Waals surface area contributed by atoms with E-state index in [-0.39, 0.29) is 23.9 Å². The number of hydrogen-bond acceptors (Lipinski definition) is 7. The van der Waals surface area contributed by atoms with Gasteiger partial charge in [-0.1, -0.05) is 53.0 Å². The van der Waals surface area contributed by atoms with Crippen molar-refractivity contribution in [1.29, 1.82) is 0 Å². The zero-order valence-corrected chi connectivity index (χ0v) is 16.1. The summed E-state index contributed by atoms with van der Waals surface area (Å²) in [5, 5.41) is 6.54. The maximum atomic E-state index is 12.2. The van der Waals surface area contributed by atoms with E-state index in [1.54, 1.807) is 6.92 Å². The number of ether oxygens (including phenoxy) is 2. The number of amides is 1. The lowest BCUT2D eigenvalue weighted by atomic mass is 10.0. The van der Waals surface area contributed by atoms with E-state index in [4.69, 9.17) is 9.47 Å². The molecule has 1 aromatic heterocycles. The SMILES string of the molecule is CCOC(=O)c1nnsc1NC(=O)COc1ccccc1Cc1ccccc1. The number of esters is 1. The highest BCUT2D eigenvalue weighted by atomic mass is 32.1. The van der Waals surface area contributed by atoms with E-state index in [9.17, 15) is 9.59 Å². The first-order chi connectivity index (χ1) is 13.7. The fraction of sp³-hybridized carbons (Fsp3) is 0.200. The second kappa shape index (κ2) is 9.61. The minimum atomic E-state index is -0.624. The Hall–Kier alpha value is -3.26. The van der Waals surface area contributed by atoms with Gasteiger partial charge in [-0.25, -0.2) is 4.79 Å². The minimum Gasteiger partial charge on any atom is -0.483 e. The molecule has 0 aliphatic rings. The van der Waals surface area contributed by atoms with Crippen LogP contribution in [0.15, 0.2) is 54.6 Å². The van der Waals surface area contributed by atoms with E-state index in [0.717, 1.165) is 22.7 Å². The van der Waals surface area contributed by atoms with Gasteiger partial charge in [0.05, 0.1) is 6.61 Å². The number of aromatic nitrogens is 2. The molecule has 0 radical (unpaired) electrons. The molecule has 0 atom stereocenters. The molecule has 1 heterocycles. The number of para-hydroxylation sites is 1. The molecule has 0 bridgehead atoms. The van der Waals surface area contributed by atoms with Crippen molar-refractivity contribution < 1.29 is 19.1 Å². The smallest absolute Gasteiger partial charge is 0.362 e. The van der Waals surface area contributed by atoms with Crippen molar-refractivity contribution in [3.8, 4) is 5.75 Å². The van der Waals surface area contributed by atoms with E-state index in [0.29, 0.717) is 12.2 Å². The molecular formula is C20H19N3O4S. The summed E-state index contributed by atoms with van der Waals surface area (Å²) in [6.45, 7) is 1.70. The van der Waals surface area contributed by atoms with Crippen molar-refractivity contribution in [1.82, 2.24) is 9.59 Å². The van der Waals surface area contributed by atoms with Crippen molar-refractivity contribution in [2.75, 3.05) is 18.5 Å². The summed E-state index contributed by atoms with van der Waals surface area (Å²) in [4.78, 5) is 24.1. The van der Waals surface area contributed by atoms with Crippen molar-refractivity contribution in [3.63, 3.8) is 0 Å². The summed E-state index contributed by atoms with van der Waals surface area (Å²) >= 11 is 0.909. The van der Waals surface area contributed by atoms with Crippen molar-refractivity contribution in [2.24, 2.45) is 0 Å². The van der Waals surface area contributed by atoms with Crippen molar-refractivity contribution in [3.05, 3.63) is 71.4 Å². The lowest BCUT2D eigenvalue weighted by Gasteiger charge is -2.11. The number of hydrogen-bond donors (Lipinski definition) is 1. The molecular weight excluding hydrogens is 378 g/mol. The highest BCUT2D eigenvalue weighted by Gasteiger charge is 2.19. The van der Waals surface area contributed by atoms with E-state index < -0.39 is 11.9 Å². The van der Waals surface area contributed by atoms with Gasteiger partial charge in [0.15, 0.2) is 11.6 Å². The quantitative estimate of drug-likeness (QED) is 0.587. The molecule has 8 heteroatoms. The van der Waals surface area contributed by atoms with Crippen LogP contribution in [0.3, 0.4) is 0 Å². The first kappa shape index (κ1) is 19.5. The number of nitrogens with one attached hydrogen (secondary N) is 1. The molecule has 2 aromatic carbocycles.